The topological polar surface area (TPSA) is 51.0 Å². The second-order valence-electron chi connectivity index (χ2n) is 5.99. The van der Waals surface area contributed by atoms with Crippen LogP contribution in [0.5, 0.6) is 0 Å². The molecule has 0 aliphatic carbocycles. The third-order valence-electron chi connectivity index (χ3n) is 3.62. The molecule has 2 heterocycles. The average molecular weight is 297 g/mol. The highest BCUT2D eigenvalue weighted by molar-refractivity contribution is 7.99. The maximum absolute atomic E-state index is 5.46. The molecule has 4 nitrogen and oxygen atoms in total. The summed E-state index contributed by atoms with van der Waals surface area (Å²) in [5, 5.41) is 8.16. The van der Waals surface area contributed by atoms with E-state index in [2.05, 4.69) is 36.2 Å². The van der Waals surface area contributed by atoms with Crippen LogP contribution in [0, 0.1) is 5.92 Å². The quantitative estimate of drug-likeness (QED) is 0.833. The molecule has 0 spiro atoms. The Morgan fingerprint density at radius 3 is 2.90 bits per heavy atom. The second-order valence-corrected chi connectivity index (χ2v) is 7.30. The summed E-state index contributed by atoms with van der Waals surface area (Å²) in [5.41, 5.74) is 0. The van der Waals surface area contributed by atoms with E-state index < -0.39 is 0 Å². The van der Waals surface area contributed by atoms with Gasteiger partial charge in [-0.15, -0.1) is 0 Å². The number of nitrogens with zero attached hydrogens (tertiary/aromatic N) is 2. The molecule has 20 heavy (non-hydrogen) atoms. The minimum atomic E-state index is 0.437. The predicted octanol–water partition coefficient (Wildman–Crippen LogP) is 3.59. The molecule has 1 aromatic rings. The fraction of sp³-hybridized carbons (Fsp3) is 0.867. The van der Waals surface area contributed by atoms with Crippen molar-refractivity contribution in [1.29, 1.82) is 0 Å². The van der Waals surface area contributed by atoms with E-state index in [4.69, 9.17) is 4.52 Å². The van der Waals surface area contributed by atoms with E-state index in [-0.39, 0.29) is 0 Å². The van der Waals surface area contributed by atoms with Crippen molar-refractivity contribution >= 4 is 11.8 Å². The molecular weight excluding hydrogens is 270 g/mol. The highest BCUT2D eigenvalue weighted by atomic mass is 32.2. The van der Waals surface area contributed by atoms with Crippen LogP contribution in [0.2, 0.25) is 0 Å². The Hall–Kier alpha value is -0.550. The van der Waals surface area contributed by atoms with Gasteiger partial charge in [0.2, 0.25) is 5.89 Å². The Morgan fingerprint density at radius 1 is 1.40 bits per heavy atom. The van der Waals surface area contributed by atoms with Crippen molar-refractivity contribution in [3.63, 3.8) is 0 Å². The van der Waals surface area contributed by atoms with E-state index in [1.807, 2.05) is 11.8 Å². The third-order valence-corrected chi connectivity index (χ3v) is 4.99. The van der Waals surface area contributed by atoms with Crippen molar-refractivity contribution in [3.8, 4) is 0 Å². The van der Waals surface area contributed by atoms with E-state index >= 15 is 0 Å². The average Bonchev–Trinajstić information content (AvgIpc) is 2.88. The number of thioether (sulfide) groups is 1. The summed E-state index contributed by atoms with van der Waals surface area (Å²) < 4.78 is 5.46. The number of likely N-dealkylation sites (N-methyl/N-ethyl adjacent to an activating group) is 1. The van der Waals surface area contributed by atoms with Gasteiger partial charge in [0.25, 0.3) is 0 Å². The zero-order valence-electron chi connectivity index (χ0n) is 12.9. The molecule has 1 saturated heterocycles. The lowest BCUT2D eigenvalue weighted by atomic mass is 10.0. The fourth-order valence-corrected chi connectivity index (χ4v) is 3.97. The molecule has 1 aliphatic rings. The first kappa shape index (κ1) is 15.8. The van der Waals surface area contributed by atoms with Gasteiger partial charge >= 0.3 is 0 Å². The number of aromatic nitrogens is 2. The Labute approximate surface area is 126 Å². The molecule has 1 aliphatic heterocycles. The van der Waals surface area contributed by atoms with Gasteiger partial charge in [-0.25, -0.2) is 0 Å². The molecule has 0 saturated carbocycles. The highest BCUT2D eigenvalue weighted by Crippen LogP contribution is 2.36. The van der Waals surface area contributed by atoms with Gasteiger partial charge < -0.3 is 9.84 Å². The summed E-state index contributed by atoms with van der Waals surface area (Å²) in [6.45, 7) is 7.63. The molecule has 2 atom stereocenters. The van der Waals surface area contributed by atoms with Crippen LogP contribution in [0.1, 0.15) is 63.4 Å². The number of nitrogens with one attached hydrogen (secondary N) is 1. The zero-order valence-corrected chi connectivity index (χ0v) is 13.7. The van der Waals surface area contributed by atoms with E-state index in [0.717, 1.165) is 31.1 Å². The monoisotopic (exact) mass is 297 g/mol. The summed E-state index contributed by atoms with van der Waals surface area (Å²) in [5.74, 6) is 3.60. The first-order valence-corrected chi connectivity index (χ1v) is 8.91. The van der Waals surface area contributed by atoms with Gasteiger partial charge in [-0.3, -0.25) is 0 Å². The number of rotatable bonds is 7. The largest absolute Gasteiger partial charge is 0.339 e. The standard InChI is InChI=1S/C15H27N3OS/c1-4-16-12(9-11(2)3)10-14-17-15(18-19-14)13-7-5-6-8-20-13/h11-13,16H,4-10H2,1-3H3. The number of hydrogen-bond donors (Lipinski definition) is 1. The molecule has 0 aromatic carbocycles. The van der Waals surface area contributed by atoms with Crippen molar-refractivity contribution in [3.05, 3.63) is 11.7 Å². The van der Waals surface area contributed by atoms with Crippen LogP contribution in [0.3, 0.4) is 0 Å². The first-order chi connectivity index (χ1) is 9.69. The molecule has 2 unspecified atom stereocenters. The highest BCUT2D eigenvalue weighted by Gasteiger charge is 2.22. The molecule has 0 radical (unpaired) electrons. The van der Waals surface area contributed by atoms with Crippen molar-refractivity contribution in [2.24, 2.45) is 5.92 Å². The molecular formula is C15H27N3OS. The minimum absolute atomic E-state index is 0.437. The van der Waals surface area contributed by atoms with Crippen LogP contribution in [-0.2, 0) is 6.42 Å². The molecule has 114 valence electrons. The molecule has 0 bridgehead atoms. The molecule has 5 heteroatoms. The lowest BCUT2D eigenvalue weighted by molar-refractivity contribution is 0.337. The summed E-state index contributed by atoms with van der Waals surface area (Å²) in [6.07, 6.45) is 5.78. The molecule has 1 aromatic heterocycles. The van der Waals surface area contributed by atoms with Crippen molar-refractivity contribution in [2.45, 2.75) is 64.2 Å². The molecule has 1 N–H and O–H groups in total. The van der Waals surface area contributed by atoms with Gasteiger partial charge in [-0.1, -0.05) is 32.3 Å². The lowest BCUT2D eigenvalue weighted by Crippen LogP contribution is -2.32. The van der Waals surface area contributed by atoms with Crippen molar-refractivity contribution < 1.29 is 4.52 Å². The molecule has 2 rings (SSSR count). The van der Waals surface area contributed by atoms with E-state index in [0.29, 0.717) is 17.2 Å². The van der Waals surface area contributed by atoms with Gasteiger partial charge in [0.05, 0.1) is 5.25 Å². The van der Waals surface area contributed by atoms with Crippen LogP contribution in [0.4, 0.5) is 0 Å². The Morgan fingerprint density at radius 2 is 2.25 bits per heavy atom. The van der Waals surface area contributed by atoms with E-state index in [9.17, 15) is 0 Å². The third kappa shape index (κ3) is 4.77. The summed E-state index contributed by atoms with van der Waals surface area (Å²) in [6, 6.07) is 0.437. The maximum atomic E-state index is 5.46. The van der Waals surface area contributed by atoms with Crippen molar-refractivity contribution in [1.82, 2.24) is 15.5 Å². The number of hydrogen-bond acceptors (Lipinski definition) is 5. The van der Waals surface area contributed by atoms with Gasteiger partial charge in [0.15, 0.2) is 5.82 Å². The Kier molecular flexibility index (Phi) is 6.36. The van der Waals surface area contributed by atoms with Gasteiger partial charge in [0, 0.05) is 12.5 Å². The van der Waals surface area contributed by atoms with Crippen molar-refractivity contribution in [2.75, 3.05) is 12.3 Å². The smallest absolute Gasteiger partial charge is 0.228 e. The maximum Gasteiger partial charge on any atom is 0.228 e. The lowest BCUT2D eigenvalue weighted by Gasteiger charge is -2.18. The Balaban J connectivity index is 1.92. The Bertz CT molecular complexity index is 388. The zero-order chi connectivity index (χ0) is 14.4. The van der Waals surface area contributed by atoms with Crippen LogP contribution >= 0.6 is 11.8 Å². The van der Waals surface area contributed by atoms with E-state index in [1.54, 1.807) is 0 Å². The van der Waals surface area contributed by atoms with Crippen LogP contribution in [0.25, 0.3) is 0 Å². The molecule has 0 amide bonds. The van der Waals surface area contributed by atoms with Gasteiger partial charge in [-0.05, 0) is 37.5 Å². The summed E-state index contributed by atoms with van der Waals surface area (Å²) in [7, 11) is 0. The second kappa shape index (κ2) is 8.03. The normalized spacial score (nSPS) is 21.3. The summed E-state index contributed by atoms with van der Waals surface area (Å²) in [4.78, 5) is 4.62. The summed E-state index contributed by atoms with van der Waals surface area (Å²) >= 11 is 1.97. The van der Waals surface area contributed by atoms with Crippen LogP contribution in [-0.4, -0.2) is 28.5 Å². The fourth-order valence-electron chi connectivity index (χ4n) is 2.73. The minimum Gasteiger partial charge on any atom is -0.339 e. The predicted molar refractivity (Wildman–Crippen MR) is 84.0 cm³/mol. The van der Waals surface area contributed by atoms with Gasteiger partial charge in [0.1, 0.15) is 0 Å². The first-order valence-electron chi connectivity index (χ1n) is 7.86. The van der Waals surface area contributed by atoms with Gasteiger partial charge in [-0.2, -0.15) is 16.7 Å². The molecule has 1 fully saturated rings. The van der Waals surface area contributed by atoms with E-state index in [1.165, 1.54) is 25.0 Å². The van der Waals surface area contributed by atoms with Crippen LogP contribution < -0.4 is 5.32 Å². The SMILES string of the molecule is CCNC(Cc1nc(C2CCCCS2)no1)CC(C)C. The van der Waals surface area contributed by atoms with Crippen LogP contribution in [0.15, 0.2) is 4.52 Å².